The minimum Gasteiger partial charge on any atom is -0.354 e. The first-order chi connectivity index (χ1) is 11.0. The molecule has 1 saturated carbocycles. The van der Waals surface area contributed by atoms with Crippen molar-refractivity contribution in [1.29, 1.82) is 0 Å². The van der Waals surface area contributed by atoms with Crippen LogP contribution in [-0.4, -0.2) is 37.5 Å². The van der Waals surface area contributed by atoms with Gasteiger partial charge in [-0.05, 0) is 77.1 Å². The van der Waals surface area contributed by atoms with Gasteiger partial charge in [0.15, 0.2) is 0 Å². The lowest BCUT2D eigenvalue weighted by Crippen LogP contribution is -2.36. The van der Waals surface area contributed by atoms with Gasteiger partial charge in [0, 0.05) is 12.5 Å². The van der Waals surface area contributed by atoms with Crippen LogP contribution in [0.4, 0.5) is 0 Å². The van der Waals surface area contributed by atoms with E-state index in [0.717, 1.165) is 13.0 Å². The fraction of sp³-hybridized carbons (Fsp3) is 0.650. The highest BCUT2D eigenvalue weighted by molar-refractivity contribution is 5.76. The molecule has 23 heavy (non-hydrogen) atoms. The molecule has 3 heteroatoms. The maximum atomic E-state index is 12.2. The number of benzene rings is 1. The van der Waals surface area contributed by atoms with Gasteiger partial charge in [-0.15, -0.1) is 0 Å². The van der Waals surface area contributed by atoms with Gasteiger partial charge >= 0.3 is 0 Å². The van der Waals surface area contributed by atoms with E-state index >= 15 is 0 Å². The van der Waals surface area contributed by atoms with E-state index in [0.29, 0.717) is 18.3 Å². The third-order valence-corrected chi connectivity index (χ3v) is 5.01. The highest BCUT2D eigenvalue weighted by Gasteiger charge is 2.24. The monoisotopic (exact) mass is 316 g/mol. The molecule has 0 bridgehead atoms. The molecule has 0 heterocycles. The number of carbonyl (C=O) groups excluding carboxylic acids is 1. The normalized spacial score (nSPS) is 22.8. The summed E-state index contributed by atoms with van der Waals surface area (Å²) in [6.45, 7) is 3.12. The van der Waals surface area contributed by atoms with Crippen molar-refractivity contribution in [2.75, 3.05) is 20.6 Å². The van der Waals surface area contributed by atoms with Gasteiger partial charge in [-0.1, -0.05) is 30.3 Å². The third-order valence-electron chi connectivity index (χ3n) is 5.01. The van der Waals surface area contributed by atoms with Crippen molar-refractivity contribution in [2.45, 2.75) is 57.4 Å². The molecule has 1 atom stereocenters. The van der Waals surface area contributed by atoms with Gasteiger partial charge < -0.3 is 10.2 Å². The Bertz CT molecular complexity index is 464. The fourth-order valence-corrected chi connectivity index (χ4v) is 3.55. The van der Waals surface area contributed by atoms with E-state index in [2.05, 4.69) is 61.6 Å². The molecule has 128 valence electrons. The SMILES string of the molecule is CC(CCN(C)C)NC(=O)CC1CCC(c2ccccc2)CC1. The molecule has 1 aliphatic carbocycles. The predicted octanol–water partition coefficient (Wildman–Crippen LogP) is 3.81. The molecule has 1 aromatic carbocycles. The van der Waals surface area contributed by atoms with Gasteiger partial charge in [0.1, 0.15) is 0 Å². The van der Waals surface area contributed by atoms with Crippen molar-refractivity contribution in [1.82, 2.24) is 10.2 Å². The summed E-state index contributed by atoms with van der Waals surface area (Å²) < 4.78 is 0. The number of nitrogens with one attached hydrogen (secondary N) is 1. The molecule has 3 nitrogen and oxygen atoms in total. The van der Waals surface area contributed by atoms with Gasteiger partial charge in [0.2, 0.25) is 5.91 Å². The number of amides is 1. The Morgan fingerprint density at radius 1 is 1.17 bits per heavy atom. The van der Waals surface area contributed by atoms with E-state index in [-0.39, 0.29) is 11.9 Å². The van der Waals surface area contributed by atoms with Crippen LogP contribution in [0.3, 0.4) is 0 Å². The Morgan fingerprint density at radius 2 is 1.83 bits per heavy atom. The molecule has 1 unspecified atom stereocenters. The summed E-state index contributed by atoms with van der Waals surface area (Å²) in [5.41, 5.74) is 1.47. The Hall–Kier alpha value is -1.35. The van der Waals surface area contributed by atoms with E-state index in [4.69, 9.17) is 0 Å². The minimum absolute atomic E-state index is 0.236. The zero-order valence-electron chi connectivity index (χ0n) is 14.9. The van der Waals surface area contributed by atoms with E-state index in [1.165, 1.54) is 31.2 Å². The average molecular weight is 316 g/mol. The van der Waals surface area contributed by atoms with Crippen LogP contribution in [0.2, 0.25) is 0 Å². The van der Waals surface area contributed by atoms with E-state index < -0.39 is 0 Å². The van der Waals surface area contributed by atoms with E-state index in [1.54, 1.807) is 0 Å². The quantitative estimate of drug-likeness (QED) is 0.829. The zero-order valence-corrected chi connectivity index (χ0v) is 14.9. The lowest BCUT2D eigenvalue weighted by atomic mass is 9.77. The molecule has 2 rings (SSSR count). The van der Waals surface area contributed by atoms with Crippen molar-refractivity contribution < 1.29 is 4.79 Å². The first-order valence-electron chi connectivity index (χ1n) is 9.03. The van der Waals surface area contributed by atoms with Crippen LogP contribution in [0, 0.1) is 5.92 Å². The standard InChI is InChI=1S/C20H32N2O/c1-16(13-14-22(2)3)21-20(23)15-17-9-11-19(12-10-17)18-7-5-4-6-8-18/h4-8,16-17,19H,9-15H2,1-3H3,(H,21,23). The molecule has 0 spiro atoms. The lowest BCUT2D eigenvalue weighted by Gasteiger charge is -2.29. The molecular weight excluding hydrogens is 284 g/mol. The predicted molar refractivity (Wildman–Crippen MR) is 96.5 cm³/mol. The summed E-state index contributed by atoms with van der Waals surface area (Å²) in [5.74, 6) is 1.49. The highest BCUT2D eigenvalue weighted by atomic mass is 16.1. The van der Waals surface area contributed by atoms with Crippen LogP contribution in [0.5, 0.6) is 0 Å². The van der Waals surface area contributed by atoms with Gasteiger partial charge in [0.05, 0.1) is 0 Å². The second-order valence-electron chi connectivity index (χ2n) is 7.39. The van der Waals surface area contributed by atoms with Crippen LogP contribution < -0.4 is 5.32 Å². The van der Waals surface area contributed by atoms with Crippen molar-refractivity contribution in [3.63, 3.8) is 0 Å². The maximum absolute atomic E-state index is 12.2. The van der Waals surface area contributed by atoms with Crippen LogP contribution >= 0.6 is 0 Å². The first-order valence-corrected chi connectivity index (χ1v) is 9.03. The van der Waals surface area contributed by atoms with Crippen molar-refractivity contribution in [2.24, 2.45) is 5.92 Å². The molecule has 1 fully saturated rings. The Balaban J connectivity index is 1.68. The number of hydrogen-bond donors (Lipinski definition) is 1. The fourth-order valence-electron chi connectivity index (χ4n) is 3.55. The molecule has 1 aromatic rings. The van der Waals surface area contributed by atoms with Crippen LogP contribution in [0.25, 0.3) is 0 Å². The Morgan fingerprint density at radius 3 is 2.43 bits per heavy atom. The second-order valence-corrected chi connectivity index (χ2v) is 7.39. The number of hydrogen-bond acceptors (Lipinski definition) is 2. The Kier molecular flexibility index (Phi) is 7.10. The summed E-state index contributed by atoms with van der Waals surface area (Å²) in [4.78, 5) is 14.4. The molecule has 0 aliphatic heterocycles. The highest BCUT2D eigenvalue weighted by Crippen LogP contribution is 2.36. The van der Waals surface area contributed by atoms with Crippen LogP contribution in [0.1, 0.15) is 56.9 Å². The van der Waals surface area contributed by atoms with E-state index in [9.17, 15) is 4.79 Å². The van der Waals surface area contributed by atoms with Gasteiger partial charge in [-0.2, -0.15) is 0 Å². The average Bonchev–Trinajstić information content (AvgIpc) is 2.54. The molecule has 1 aliphatic rings. The summed E-state index contributed by atoms with van der Waals surface area (Å²) in [5, 5.41) is 3.16. The Labute approximate surface area is 141 Å². The van der Waals surface area contributed by atoms with Crippen molar-refractivity contribution >= 4 is 5.91 Å². The zero-order chi connectivity index (χ0) is 16.7. The van der Waals surface area contributed by atoms with Crippen LogP contribution in [-0.2, 0) is 4.79 Å². The third kappa shape index (κ3) is 6.34. The van der Waals surface area contributed by atoms with E-state index in [1.807, 2.05) is 0 Å². The second kappa shape index (κ2) is 9.07. The molecule has 0 radical (unpaired) electrons. The molecular formula is C20H32N2O. The number of rotatable bonds is 7. The molecule has 0 saturated heterocycles. The summed E-state index contributed by atoms with van der Waals surface area (Å²) in [7, 11) is 4.14. The first kappa shape index (κ1) is 18.0. The molecule has 1 amide bonds. The minimum atomic E-state index is 0.236. The molecule has 1 N–H and O–H groups in total. The van der Waals surface area contributed by atoms with Crippen molar-refractivity contribution in [3.05, 3.63) is 35.9 Å². The maximum Gasteiger partial charge on any atom is 0.220 e. The number of carbonyl (C=O) groups is 1. The summed E-state index contributed by atoms with van der Waals surface area (Å²) in [6, 6.07) is 11.1. The van der Waals surface area contributed by atoms with Gasteiger partial charge in [0.25, 0.3) is 0 Å². The van der Waals surface area contributed by atoms with Crippen LogP contribution in [0.15, 0.2) is 30.3 Å². The lowest BCUT2D eigenvalue weighted by molar-refractivity contribution is -0.122. The van der Waals surface area contributed by atoms with Gasteiger partial charge in [-0.25, -0.2) is 0 Å². The topological polar surface area (TPSA) is 32.3 Å². The molecule has 0 aromatic heterocycles. The largest absolute Gasteiger partial charge is 0.354 e. The number of nitrogens with zero attached hydrogens (tertiary/aromatic N) is 1. The summed E-state index contributed by atoms with van der Waals surface area (Å²) >= 11 is 0. The summed E-state index contributed by atoms with van der Waals surface area (Å²) in [6.07, 6.45) is 6.52. The smallest absolute Gasteiger partial charge is 0.220 e. The van der Waals surface area contributed by atoms with Gasteiger partial charge in [-0.3, -0.25) is 4.79 Å². The van der Waals surface area contributed by atoms with Crippen molar-refractivity contribution in [3.8, 4) is 0 Å².